The van der Waals surface area contributed by atoms with Crippen molar-refractivity contribution >= 4 is 17.6 Å². The second-order valence-electron chi connectivity index (χ2n) is 5.21. The highest BCUT2D eigenvalue weighted by Crippen LogP contribution is 2.36. The van der Waals surface area contributed by atoms with Crippen LogP contribution in [0.2, 0.25) is 5.02 Å². The first-order chi connectivity index (χ1) is 11.7. The summed E-state index contributed by atoms with van der Waals surface area (Å²) in [6.45, 7) is 1.34. The third-order valence-corrected chi connectivity index (χ3v) is 3.93. The molecule has 0 amide bonds. The quantitative estimate of drug-likeness (QED) is 0.770. The number of hydrogen-bond acceptors (Lipinski definition) is 5. The Balaban J connectivity index is 1.91. The molecule has 0 atom stereocenters. The maximum atomic E-state index is 11.9. The van der Waals surface area contributed by atoms with Gasteiger partial charge in [0.25, 0.3) is 0 Å². The molecular weight excluding hydrogens is 332 g/mol. The molecule has 2 aromatic carbocycles. The molecule has 0 radical (unpaired) electrons. The predicted molar refractivity (Wildman–Crippen MR) is 88.2 cm³/mol. The molecule has 24 heavy (non-hydrogen) atoms. The zero-order valence-electron chi connectivity index (χ0n) is 13.2. The van der Waals surface area contributed by atoms with Crippen molar-refractivity contribution in [2.75, 3.05) is 20.3 Å². The van der Waals surface area contributed by atoms with Gasteiger partial charge in [-0.25, -0.2) is 4.79 Å². The molecule has 0 unspecified atom stereocenters. The van der Waals surface area contributed by atoms with Crippen LogP contribution in [0, 0.1) is 0 Å². The van der Waals surface area contributed by atoms with E-state index in [1.54, 1.807) is 12.1 Å². The lowest BCUT2D eigenvalue weighted by atomic mass is 10.1. The number of esters is 1. The predicted octanol–water partition coefficient (Wildman–Crippen LogP) is 3.75. The zero-order chi connectivity index (χ0) is 16.9. The van der Waals surface area contributed by atoms with E-state index in [1.807, 2.05) is 30.3 Å². The fraction of sp³-hybridized carbons (Fsp3) is 0.278. The van der Waals surface area contributed by atoms with Crippen molar-refractivity contribution in [3.8, 4) is 5.75 Å². The van der Waals surface area contributed by atoms with Gasteiger partial charge in [-0.05, 0) is 11.6 Å². The minimum Gasteiger partial charge on any atom is -0.488 e. The van der Waals surface area contributed by atoms with Gasteiger partial charge < -0.3 is 18.9 Å². The number of carbonyl (C=O) groups is 1. The number of halogens is 1. The normalized spacial score (nSPS) is 14.6. The van der Waals surface area contributed by atoms with Crippen LogP contribution in [0.15, 0.2) is 42.5 Å². The molecule has 0 bridgehead atoms. The van der Waals surface area contributed by atoms with Gasteiger partial charge in [-0.1, -0.05) is 41.9 Å². The smallest absolute Gasteiger partial charge is 0.339 e. The van der Waals surface area contributed by atoms with E-state index in [9.17, 15) is 4.79 Å². The first-order valence-electron chi connectivity index (χ1n) is 7.50. The topological polar surface area (TPSA) is 54.0 Å². The van der Waals surface area contributed by atoms with Crippen LogP contribution in [-0.4, -0.2) is 26.3 Å². The molecule has 6 heteroatoms. The van der Waals surface area contributed by atoms with Gasteiger partial charge in [-0.3, -0.25) is 0 Å². The van der Waals surface area contributed by atoms with Crippen LogP contribution in [0.25, 0.3) is 0 Å². The molecule has 5 nitrogen and oxygen atoms in total. The number of carbonyl (C=O) groups excluding carboxylic acids is 1. The van der Waals surface area contributed by atoms with Crippen molar-refractivity contribution < 1.29 is 23.7 Å². The molecule has 1 heterocycles. The highest BCUT2D eigenvalue weighted by molar-refractivity contribution is 6.33. The van der Waals surface area contributed by atoms with Crippen molar-refractivity contribution in [1.29, 1.82) is 0 Å². The van der Waals surface area contributed by atoms with Crippen molar-refractivity contribution in [3.63, 3.8) is 0 Å². The number of methoxy groups -OCH3 is 1. The van der Waals surface area contributed by atoms with Gasteiger partial charge in [-0.15, -0.1) is 0 Å². The molecule has 1 aliphatic heterocycles. The summed E-state index contributed by atoms with van der Waals surface area (Å²) < 4.78 is 21.7. The molecule has 0 N–H and O–H groups in total. The highest BCUT2D eigenvalue weighted by atomic mass is 35.5. The SMILES string of the molecule is COC(=O)c1cc(C2OCCO2)c(OCc2ccccc2)cc1Cl. The first kappa shape index (κ1) is 16.8. The minimum atomic E-state index is -0.587. The van der Waals surface area contributed by atoms with Crippen LogP contribution in [-0.2, 0) is 20.8 Å². The fourth-order valence-corrected chi connectivity index (χ4v) is 2.65. The minimum absolute atomic E-state index is 0.250. The highest BCUT2D eigenvalue weighted by Gasteiger charge is 2.26. The van der Waals surface area contributed by atoms with E-state index in [1.165, 1.54) is 7.11 Å². The lowest BCUT2D eigenvalue weighted by Gasteiger charge is -2.17. The van der Waals surface area contributed by atoms with E-state index in [2.05, 4.69) is 0 Å². The summed E-state index contributed by atoms with van der Waals surface area (Å²) in [4.78, 5) is 11.9. The van der Waals surface area contributed by atoms with E-state index in [-0.39, 0.29) is 10.6 Å². The van der Waals surface area contributed by atoms with Gasteiger partial charge in [0.05, 0.1) is 36.5 Å². The molecule has 0 saturated carbocycles. The Hall–Kier alpha value is -2.08. The monoisotopic (exact) mass is 348 g/mol. The second kappa shape index (κ2) is 7.66. The molecule has 126 valence electrons. The Labute approximate surface area is 145 Å². The van der Waals surface area contributed by atoms with Gasteiger partial charge in [0, 0.05) is 6.07 Å². The van der Waals surface area contributed by atoms with Crippen molar-refractivity contribution in [2.45, 2.75) is 12.9 Å². The van der Waals surface area contributed by atoms with Crippen LogP contribution < -0.4 is 4.74 Å². The number of ether oxygens (including phenoxy) is 4. The van der Waals surface area contributed by atoms with Gasteiger partial charge in [-0.2, -0.15) is 0 Å². The average Bonchev–Trinajstić information content (AvgIpc) is 3.14. The fourth-order valence-electron chi connectivity index (χ4n) is 2.42. The first-order valence-corrected chi connectivity index (χ1v) is 7.88. The number of rotatable bonds is 5. The molecule has 1 aliphatic rings. The van der Waals surface area contributed by atoms with Crippen molar-refractivity contribution in [1.82, 2.24) is 0 Å². The van der Waals surface area contributed by atoms with E-state index in [0.717, 1.165) is 5.56 Å². The Kier molecular flexibility index (Phi) is 5.35. The van der Waals surface area contributed by atoms with Gasteiger partial charge in [0.1, 0.15) is 12.4 Å². The summed E-state index contributed by atoms with van der Waals surface area (Å²) >= 11 is 6.20. The molecule has 1 saturated heterocycles. The zero-order valence-corrected chi connectivity index (χ0v) is 13.9. The molecule has 1 fully saturated rings. The van der Waals surface area contributed by atoms with E-state index in [4.69, 9.17) is 30.5 Å². The summed E-state index contributed by atoms with van der Waals surface area (Å²) in [5, 5.41) is 0.256. The molecular formula is C18H17ClO5. The van der Waals surface area contributed by atoms with Gasteiger partial charge >= 0.3 is 5.97 Å². The van der Waals surface area contributed by atoms with Crippen LogP contribution in [0.1, 0.15) is 27.8 Å². The maximum Gasteiger partial charge on any atom is 0.339 e. The number of benzene rings is 2. The Bertz CT molecular complexity index is 711. The lowest BCUT2D eigenvalue weighted by Crippen LogP contribution is -2.08. The molecule has 0 spiro atoms. The van der Waals surface area contributed by atoms with Crippen LogP contribution in [0.3, 0.4) is 0 Å². The molecule has 3 rings (SSSR count). The van der Waals surface area contributed by atoms with Crippen molar-refractivity contribution in [3.05, 3.63) is 64.2 Å². The molecule has 0 aliphatic carbocycles. The molecule has 2 aromatic rings. The third-order valence-electron chi connectivity index (χ3n) is 3.62. The number of hydrogen-bond donors (Lipinski definition) is 0. The lowest BCUT2D eigenvalue weighted by molar-refractivity contribution is -0.0459. The Morgan fingerprint density at radius 3 is 2.58 bits per heavy atom. The maximum absolute atomic E-state index is 11.9. The third kappa shape index (κ3) is 3.70. The largest absolute Gasteiger partial charge is 0.488 e. The standard InChI is InChI=1S/C18H17ClO5/c1-21-17(20)13-9-14(18-22-7-8-23-18)16(10-15(13)19)24-11-12-5-3-2-4-6-12/h2-6,9-10,18H,7-8,11H2,1H3. The Morgan fingerprint density at radius 1 is 1.21 bits per heavy atom. The van der Waals surface area contributed by atoms with E-state index < -0.39 is 12.3 Å². The summed E-state index contributed by atoms with van der Waals surface area (Å²) in [6.07, 6.45) is -0.587. The van der Waals surface area contributed by atoms with Crippen LogP contribution in [0.4, 0.5) is 0 Å². The summed E-state index contributed by atoms with van der Waals surface area (Å²) in [6, 6.07) is 12.9. The van der Waals surface area contributed by atoms with E-state index >= 15 is 0 Å². The average molecular weight is 349 g/mol. The Morgan fingerprint density at radius 2 is 1.92 bits per heavy atom. The molecule has 0 aromatic heterocycles. The summed E-state index contributed by atoms with van der Waals surface area (Å²) in [5.41, 5.74) is 1.89. The van der Waals surface area contributed by atoms with Gasteiger partial charge in [0.15, 0.2) is 6.29 Å². The summed E-state index contributed by atoms with van der Waals surface area (Å²) in [7, 11) is 1.31. The summed E-state index contributed by atoms with van der Waals surface area (Å²) in [5.74, 6) is -0.00253. The van der Waals surface area contributed by atoms with Crippen molar-refractivity contribution in [2.24, 2.45) is 0 Å². The van der Waals surface area contributed by atoms with E-state index in [0.29, 0.717) is 31.1 Å². The van der Waals surface area contributed by atoms with Crippen LogP contribution >= 0.6 is 11.6 Å². The van der Waals surface area contributed by atoms with Gasteiger partial charge in [0.2, 0.25) is 0 Å². The second-order valence-corrected chi connectivity index (χ2v) is 5.62. The van der Waals surface area contributed by atoms with Crippen LogP contribution in [0.5, 0.6) is 5.75 Å².